The highest BCUT2D eigenvalue weighted by atomic mass is 16.5. The first-order valence-corrected chi connectivity index (χ1v) is 6.98. The molecule has 0 atom stereocenters. The van der Waals surface area contributed by atoms with Gasteiger partial charge in [0.15, 0.2) is 0 Å². The number of hydrogen-bond acceptors (Lipinski definition) is 6. The number of nitrogens with two attached hydrogens (primary N) is 1. The van der Waals surface area contributed by atoms with Crippen LogP contribution in [0, 0.1) is 12.8 Å². The highest BCUT2D eigenvalue weighted by Crippen LogP contribution is 2.23. The number of rotatable bonds is 6. The van der Waals surface area contributed by atoms with Gasteiger partial charge in [-0.25, -0.2) is 0 Å². The molecule has 2 N–H and O–H groups in total. The minimum Gasteiger partial charge on any atom is -0.476 e. The standard InChI is InChI=1S/C15H22N4O2/c1-10(2)9-20-15-13(16)5-6-14(17-15)19(4)8-12-7-11(3)21-18-12/h5-7,10H,8-9,16H2,1-4H3. The number of aryl methyl sites for hydroxylation is 1. The quantitative estimate of drug-likeness (QED) is 0.881. The van der Waals surface area contributed by atoms with E-state index in [2.05, 4.69) is 24.0 Å². The lowest BCUT2D eigenvalue weighted by Crippen LogP contribution is -2.18. The molecule has 6 heteroatoms. The largest absolute Gasteiger partial charge is 0.476 e. The smallest absolute Gasteiger partial charge is 0.239 e. The molecule has 114 valence electrons. The van der Waals surface area contributed by atoms with Crippen molar-refractivity contribution in [2.75, 3.05) is 24.3 Å². The minimum atomic E-state index is 0.422. The van der Waals surface area contributed by atoms with Gasteiger partial charge < -0.3 is 19.9 Å². The minimum absolute atomic E-state index is 0.422. The van der Waals surface area contributed by atoms with Gasteiger partial charge in [0, 0.05) is 13.1 Å². The molecule has 0 saturated heterocycles. The molecule has 21 heavy (non-hydrogen) atoms. The molecule has 0 aliphatic carbocycles. The van der Waals surface area contributed by atoms with Crippen LogP contribution in [0.4, 0.5) is 11.5 Å². The van der Waals surface area contributed by atoms with Crippen molar-refractivity contribution in [1.82, 2.24) is 10.1 Å². The maximum absolute atomic E-state index is 5.90. The second-order valence-corrected chi connectivity index (χ2v) is 5.55. The van der Waals surface area contributed by atoms with Gasteiger partial charge in [-0.2, -0.15) is 4.98 Å². The van der Waals surface area contributed by atoms with Gasteiger partial charge in [0.05, 0.1) is 18.8 Å². The predicted octanol–water partition coefficient (Wildman–Crippen LogP) is 2.63. The summed E-state index contributed by atoms with van der Waals surface area (Å²) < 4.78 is 10.7. The summed E-state index contributed by atoms with van der Waals surface area (Å²) in [6, 6.07) is 5.58. The van der Waals surface area contributed by atoms with E-state index < -0.39 is 0 Å². The topological polar surface area (TPSA) is 77.4 Å². The van der Waals surface area contributed by atoms with Crippen molar-refractivity contribution in [3.05, 3.63) is 29.7 Å². The molecule has 0 spiro atoms. The Hall–Kier alpha value is -2.24. The molecule has 0 amide bonds. The van der Waals surface area contributed by atoms with E-state index in [0.717, 1.165) is 17.3 Å². The summed E-state index contributed by atoms with van der Waals surface area (Å²) in [5, 5.41) is 3.98. The van der Waals surface area contributed by atoms with Crippen LogP contribution in [0.15, 0.2) is 22.7 Å². The van der Waals surface area contributed by atoms with Crippen molar-refractivity contribution in [2.24, 2.45) is 5.92 Å². The Morgan fingerprint density at radius 1 is 1.38 bits per heavy atom. The molecule has 0 aliphatic rings. The summed E-state index contributed by atoms with van der Waals surface area (Å²) in [4.78, 5) is 6.44. The van der Waals surface area contributed by atoms with Crippen molar-refractivity contribution < 1.29 is 9.26 Å². The fourth-order valence-electron chi connectivity index (χ4n) is 1.83. The van der Waals surface area contributed by atoms with E-state index >= 15 is 0 Å². The Bertz CT molecular complexity index is 595. The van der Waals surface area contributed by atoms with E-state index in [0.29, 0.717) is 30.6 Å². The van der Waals surface area contributed by atoms with Crippen LogP contribution in [-0.4, -0.2) is 23.8 Å². The lowest BCUT2D eigenvalue weighted by molar-refractivity contribution is 0.263. The summed E-state index contributed by atoms with van der Waals surface area (Å²) in [7, 11) is 1.94. The summed E-state index contributed by atoms with van der Waals surface area (Å²) in [6.45, 7) is 7.23. The van der Waals surface area contributed by atoms with Crippen molar-refractivity contribution in [3.8, 4) is 5.88 Å². The number of pyridine rings is 1. The van der Waals surface area contributed by atoms with Gasteiger partial charge in [-0.05, 0) is 25.0 Å². The SMILES string of the molecule is Cc1cc(CN(C)c2ccc(N)c(OCC(C)C)n2)no1. The lowest BCUT2D eigenvalue weighted by atomic mass is 10.2. The molecular formula is C15H22N4O2. The summed E-state index contributed by atoms with van der Waals surface area (Å²) in [5.41, 5.74) is 7.30. The summed E-state index contributed by atoms with van der Waals surface area (Å²) in [6.07, 6.45) is 0. The van der Waals surface area contributed by atoms with E-state index in [-0.39, 0.29) is 0 Å². The predicted molar refractivity (Wildman–Crippen MR) is 82.3 cm³/mol. The second kappa shape index (κ2) is 6.47. The van der Waals surface area contributed by atoms with Gasteiger partial charge in [-0.1, -0.05) is 19.0 Å². The number of nitrogens with zero attached hydrogens (tertiary/aromatic N) is 3. The van der Waals surface area contributed by atoms with Gasteiger partial charge in [-0.3, -0.25) is 0 Å². The molecule has 0 aliphatic heterocycles. The first-order valence-electron chi connectivity index (χ1n) is 6.98. The fraction of sp³-hybridized carbons (Fsp3) is 0.467. The van der Waals surface area contributed by atoms with Crippen molar-refractivity contribution in [1.29, 1.82) is 0 Å². The Balaban J connectivity index is 2.09. The molecule has 0 saturated carbocycles. The Morgan fingerprint density at radius 2 is 2.14 bits per heavy atom. The van der Waals surface area contributed by atoms with E-state index in [1.165, 1.54) is 0 Å². The summed E-state index contributed by atoms with van der Waals surface area (Å²) >= 11 is 0. The molecule has 2 heterocycles. The molecule has 2 rings (SSSR count). The molecule has 0 unspecified atom stereocenters. The highest BCUT2D eigenvalue weighted by Gasteiger charge is 2.11. The average Bonchev–Trinajstić information content (AvgIpc) is 2.83. The van der Waals surface area contributed by atoms with Crippen LogP contribution in [-0.2, 0) is 6.54 Å². The Morgan fingerprint density at radius 3 is 2.76 bits per heavy atom. The van der Waals surface area contributed by atoms with E-state index in [4.69, 9.17) is 15.0 Å². The molecule has 0 radical (unpaired) electrons. The molecule has 2 aromatic heterocycles. The molecule has 2 aromatic rings. The third kappa shape index (κ3) is 4.11. The van der Waals surface area contributed by atoms with E-state index in [9.17, 15) is 0 Å². The van der Waals surface area contributed by atoms with E-state index in [1.54, 1.807) is 0 Å². The first-order chi connectivity index (χ1) is 9.95. The van der Waals surface area contributed by atoms with Crippen LogP contribution in [0.25, 0.3) is 0 Å². The molecular weight excluding hydrogens is 268 g/mol. The molecule has 0 aromatic carbocycles. The lowest BCUT2D eigenvalue weighted by Gasteiger charge is -2.18. The number of anilines is 2. The number of aromatic nitrogens is 2. The van der Waals surface area contributed by atoms with Crippen LogP contribution in [0.5, 0.6) is 5.88 Å². The average molecular weight is 290 g/mol. The third-order valence-electron chi connectivity index (χ3n) is 2.90. The second-order valence-electron chi connectivity index (χ2n) is 5.55. The van der Waals surface area contributed by atoms with Crippen LogP contribution in [0.3, 0.4) is 0 Å². The number of hydrogen-bond donors (Lipinski definition) is 1. The van der Waals surface area contributed by atoms with Crippen LogP contribution in [0.2, 0.25) is 0 Å². The molecule has 0 bridgehead atoms. The zero-order valence-corrected chi connectivity index (χ0v) is 13.0. The number of ether oxygens (including phenoxy) is 1. The molecule has 6 nitrogen and oxygen atoms in total. The molecule has 0 fully saturated rings. The zero-order chi connectivity index (χ0) is 15.4. The van der Waals surface area contributed by atoms with Gasteiger partial charge in [0.1, 0.15) is 17.3 Å². The normalized spacial score (nSPS) is 10.9. The van der Waals surface area contributed by atoms with E-state index in [1.807, 2.05) is 37.1 Å². The first kappa shape index (κ1) is 15.2. The maximum Gasteiger partial charge on any atom is 0.239 e. The fourth-order valence-corrected chi connectivity index (χ4v) is 1.83. The van der Waals surface area contributed by atoms with Gasteiger partial charge in [0.25, 0.3) is 0 Å². The van der Waals surface area contributed by atoms with Crippen LogP contribution >= 0.6 is 0 Å². The van der Waals surface area contributed by atoms with Crippen LogP contribution < -0.4 is 15.4 Å². The number of nitrogen functional groups attached to an aromatic ring is 1. The Kier molecular flexibility index (Phi) is 4.67. The van der Waals surface area contributed by atoms with Gasteiger partial charge in [0.2, 0.25) is 5.88 Å². The monoisotopic (exact) mass is 290 g/mol. The van der Waals surface area contributed by atoms with Crippen molar-refractivity contribution in [2.45, 2.75) is 27.3 Å². The van der Waals surface area contributed by atoms with Crippen molar-refractivity contribution >= 4 is 11.5 Å². The third-order valence-corrected chi connectivity index (χ3v) is 2.90. The highest BCUT2D eigenvalue weighted by molar-refractivity contribution is 5.54. The van der Waals surface area contributed by atoms with Crippen molar-refractivity contribution in [3.63, 3.8) is 0 Å². The van der Waals surface area contributed by atoms with Crippen LogP contribution in [0.1, 0.15) is 25.3 Å². The zero-order valence-electron chi connectivity index (χ0n) is 13.0. The maximum atomic E-state index is 5.90. The Labute approximate surface area is 124 Å². The summed E-state index contributed by atoms with van der Waals surface area (Å²) in [5.74, 6) is 2.48. The van der Waals surface area contributed by atoms with Gasteiger partial charge in [-0.15, -0.1) is 0 Å². The van der Waals surface area contributed by atoms with Gasteiger partial charge >= 0.3 is 0 Å².